The minimum atomic E-state index is -3.72. The average Bonchev–Trinajstić information content (AvgIpc) is 3.19. The lowest BCUT2D eigenvalue weighted by Crippen LogP contribution is -2.50. The van der Waals surface area contributed by atoms with E-state index in [0.29, 0.717) is 48.3 Å². The maximum atomic E-state index is 13.0. The first-order valence-corrected chi connectivity index (χ1v) is 13.2. The number of hydrogen-bond acceptors (Lipinski definition) is 6. The third-order valence-electron chi connectivity index (χ3n) is 6.65. The van der Waals surface area contributed by atoms with Crippen LogP contribution in [0.5, 0.6) is 0 Å². The number of carbonyl (C=O) groups is 2. The van der Waals surface area contributed by atoms with E-state index in [1.807, 2.05) is 0 Å². The van der Waals surface area contributed by atoms with Gasteiger partial charge in [0.05, 0.1) is 18.1 Å². The van der Waals surface area contributed by atoms with Gasteiger partial charge < -0.3 is 15.0 Å². The van der Waals surface area contributed by atoms with E-state index in [4.69, 9.17) is 21.3 Å². The van der Waals surface area contributed by atoms with Crippen molar-refractivity contribution >= 4 is 39.3 Å². The molecule has 0 saturated carbocycles. The van der Waals surface area contributed by atoms with E-state index in [9.17, 15) is 18.0 Å². The Bertz CT molecular complexity index is 1300. The van der Waals surface area contributed by atoms with Crippen molar-refractivity contribution in [2.24, 2.45) is 4.99 Å². The van der Waals surface area contributed by atoms with Crippen LogP contribution in [0, 0.1) is 0 Å². The Labute approximate surface area is 208 Å². The molecule has 3 heterocycles. The fourth-order valence-corrected chi connectivity index (χ4v) is 6.36. The van der Waals surface area contributed by atoms with Gasteiger partial charge in [-0.3, -0.25) is 14.6 Å². The summed E-state index contributed by atoms with van der Waals surface area (Å²) in [6, 6.07) is 13.2. The van der Waals surface area contributed by atoms with Crippen molar-refractivity contribution < 1.29 is 22.7 Å². The molecule has 2 fully saturated rings. The van der Waals surface area contributed by atoms with E-state index in [2.05, 4.69) is 5.32 Å². The van der Waals surface area contributed by atoms with Crippen LogP contribution in [0.3, 0.4) is 0 Å². The molecule has 2 saturated heterocycles. The molecule has 0 aliphatic carbocycles. The summed E-state index contributed by atoms with van der Waals surface area (Å²) in [5, 5.41) is 3.20. The van der Waals surface area contributed by atoms with E-state index in [1.165, 1.54) is 16.4 Å². The molecule has 35 heavy (non-hydrogen) atoms. The van der Waals surface area contributed by atoms with Gasteiger partial charge in [-0.2, -0.15) is 4.31 Å². The molecular weight excluding hydrogens is 492 g/mol. The van der Waals surface area contributed by atoms with Gasteiger partial charge >= 0.3 is 0 Å². The van der Waals surface area contributed by atoms with E-state index >= 15 is 0 Å². The summed E-state index contributed by atoms with van der Waals surface area (Å²) in [5.74, 6) is 0.0595. The number of carbonyl (C=O) groups excluding carboxylic acids is 2. The summed E-state index contributed by atoms with van der Waals surface area (Å²) in [6.07, 6.45) is 0.517. The molecule has 3 aliphatic heterocycles. The highest BCUT2D eigenvalue weighted by molar-refractivity contribution is 7.89. The molecule has 0 bridgehead atoms. The van der Waals surface area contributed by atoms with Gasteiger partial charge in [0.1, 0.15) is 11.4 Å². The Kier molecular flexibility index (Phi) is 6.39. The van der Waals surface area contributed by atoms with Crippen LogP contribution in [-0.2, 0) is 19.6 Å². The number of hydrogen-bond donors (Lipinski definition) is 1. The van der Waals surface area contributed by atoms with Gasteiger partial charge in [0.25, 0.3) is 11.8 Å². The highest BCUT2D eigenvalue weighted by atomic mass is 35.5. The van der Waals surface area contributed by atoms with Crippen LogP contribution >= 0.6 is 11.6 Å². The SMILES string of the molecule is O=C(c1cccc(C2=NC3(CCN(S(=O)(=O)c4cccc(Cl)c4)CC3)C(=O)N2)c1)N1CCOCC1. The van der Waals surface area contributed by atoms with Crippen molar-refractivity contribution in [2.75, 3.05) is 39.4 Å². The summed E-state index contributed by atoms with van der Waals surface area (Å²) in [7, 11) is -3.72. The molecular formula is C24H25ClN4O5S. The number of benzene rings is 2. The largest absolute Gasteiger partial charge is 0.378 e. The van der Waals surface area contributed by atoms with Crippen LogP contribution in [-0.4, -0.2) is 80.2 Å². The van der Waals surface area contributed by atoms with Crippen LogP contribution < -0.4 is 5.32 Å². The Morgan fingerprint density at radius 1 is 1.03 bits per heavy atom. The number of ether oxygens (including phenoxy) is 1. The zero-order valence-electron chi connectivity index (χ0n) is 18.9. The van der Waals surface area contributed by atoms with Crippen molar-refractivity contribution in [1.82, 2.24) is 14.5 Å². The van der Waals surface area contributed by atoms with Crippen molar-refractivity contribution in [2.45, 2.75) is 23.3 Å². The quantitative estimate of drug-likeness (QED) is 0.668. The number of morpholine rings is 1. The van der Waals surface area contributed by atoms with Crippen molar-refractivity contribution in [3.8, 4) is 0 Å². The molecule has 2 aromatic rings. The minimum Gasteiger partial charge on any atom is -0.378 e. The molecule has 0 aromatic heterocycles. The van der Waals surface area contributed by atoms with E-state index in [1.54, 1.807) is 41.3 Å². The maximum Gasteiger partial charge on any atom is 0.254 e. The summed E-state index contributed by atoms with van der Waals surface area (Å²) in [4.78, 5) is 32.4. The number of piperidine rings is 1. The van der Waals surface area contributed by atoms with Crippen molar-refractivity contribution in [3.05, 3.63) is 64.7 Å². The van der Waals surface area contributed by atoms with Crippen molar-refractivity contribution in [3.63, 3.8) is 0 Å². The zero-order valence-corrected chi connectivity index (χ0v) is 20.5. The molecule has 3 aliphatic rings. The molecule has 0 unspecified atom stereocenters. The van der Waals surface area contributed by atoms with Crippen LogP contribution in [0.4, 0.5) is 0 Å². The summed E-state index contributed by atoms with van der Waals surface area (Å²) < 4.78 is 32.7. The normalized spacial score (nSPS) is 20.5. The lowest BCUT2D eigenvalue weighted by molar-refractivity contribution is -0.124. The second-order valence-electron chi connectivity index (χ2n) is 8.79. The van der Waals surface area contributed by atoms with Gasteiger partial charge in [-0.15, -0.1) is 0 Å². The Morgan fingerprint density at radius 3 is 2.46 bits per heavy atom. The summed E-state index contributed by atoms with van der Waals surface area (Å²) >= 11 is 5.97. The fraction of sp³-hybridized carbons (Fsp3) is 0.375. The molecule has 0 atom stereocenters. The molecule has 2 aromatic carbocycles. The zero-order chi connectivity index (χ0) is 24.6. The molecule has 5 rings (SSSR count). The van der Waals surface area contributed by atoms with E-state index in [-0.39, 0.29) is 42.6 Å². The van der Waals surface area contributed by atoms with Crippen LogP contribution in [0.15, 0.2) is 58.4 Å². The first-order chi connectivity index (χ1) is 16.8. The number of rotatable bonds is 4. The molecule has 184 valence electrons. The Hall–Kier alpha value is -2.79. The van der Waals surface area contributed by atoms with Gasteiger partial charge in [-0.25, -0.2) is 8.42 Å². The predicted octanol–water partition coefficient (Wildman–Crippen LogP) is 1.91. The number of amides is 2. The first-order valence-electron chi connectivity index (χ1n) is 11.4. The van der Waals surface area contributed by atoms with Gasteiger partial charge in [0.15, 0.2) is 0 Å². The van der Waals surface area contributed by atoms with Gasteiger partial charge in [-0.05, 0) is 43.2 Å². The van der Waals surface area contributed by atoms with Crippen LogP contribution in [0.25, 0.3) is 0 Å². The summed E-state index contributed by atoms with van der Waals surface area (Å²) in [6.45, 7) is 2.43. The molecule has 1 N–H and O–H groups in total. The van der Waals surface area contributed by atoms with Gasteiger partial charge in [-0.1, -0.05) is 29.8 Å². The molecule has 1 spiro atoms. The van der Waals surface area contributed by atoms with E-state index in [0.717, 1.165) is 0 Å². The molecule has 2 amide bonds. The maximum absolute atomic E-state index is 13.0. The predicted molar refractivity (Wildman–Crippen MR) is 130 cm³/mol. The van der Waals surface area contributed by atoms with Gasteiger partial charge in [0.2, 0.25) is 10.0 Å². The second kappa shape index (κ2) is 9.34. The standard InChI is InChI=1S/C24H25ClN4O5S/c25-19-5-2-6-20(16-19)35(32,33)29-9-7-24(8-10-29)23(31)26-21(27-24)17-3-1-4-18(15-17)22(30)28-11-13-34-14-12-28/h1-6,15-16H,7-14H2,(H,26,27,31). The van der Waals surface area contributed by atoms with Crippen molar-refractivity contribution in [1.29, 1.82) is 0 Å². The minimum absolute atomic E-state index is 0.0886. The third kappa shape index (κ3) is 4.58. The van der Waals surface area contributed by atoms with Crippen LogP contribution in [0.2, 0.25) is 5.02 Å². The molecule has 0 radical (unpaired) electrons. The van der Waals surface area contributed by atoms with E-state index < -0.39 is 15.6 Å². The fourth-order valence-electron chi connectivity index (χ4n) is 4.61. The Morgan fingerprint density at radius 2 is 1.74 bits per heavy atom. The number of nitrogens with one attached hydrogen (secondary N) is 1. The topological polar surface area (TPSA) is 108 Å². The first kappa shape index (κ1) is 23.9. The third-order valence-corrected chi connectivity index (χ3v) is 8.77. The monoisotopic (exact) mass is 516 g/mol. The smallest absolute Gasteiger partial charge is 0.254 e. The lowest BCUT2D eigenvalue weighted by atomic mass is 9.89. The highest BCUT2D eigenvalue weighted by Crippen LogP contribution is 2.33. The average molecular weight is 517 g/mol. The van der Waals surface area contributed by atoms with Gasteiger partial charge in [0, 0.05) is 42.3 Å². The number of halogens is 1. The van der Waals surface area contributed by atoms with Crippen LogP contribution in [0.1, 0.15) is 28.8 Å². The lowest BCUT2D eigenvalue weighted by Gasteiger charge is -2.34. The number of amidine groups is 1. The number of aliphatic imine (C=N–C) groups is 1. The highest BCUT2D eigenvalue weighted by Gasteiger charge is 2.47. The second-order valence-corrected chi connectivity index (χ2v) is 11.2. The Balaban J connectivity index is 1.33. The number of nitrogens with zero attached hydrogens (tertiary/aromatic N) is 3. The summed E-state index contributed by atoms with van der Waals surface area (Å²) in [5.41, 5.74) is 0.132. The molecule has 9 nitrogen and oxygen atoms in total. The molecule has 11 heteroatoms. The number of sulfonamides is 1.